The number of amides is 2. The number of carbonyl (C=O) groups is 2. The van der Waals surface area contributed by atoms with Crippen molar-refractivity contribution in [3.8, 4) is 5.69 Å². The van der Waals surface area contributed by atoms with Crippen LogP contribution < -0.4 is 15.1 Å². The van der Waals surface area contributed by atoms with Crippen molar-refractivity contribution >= 4 is 23.2 Å². The van der Waals surface area contributed by atoms with Crippen LogP contribution in [0.1, 0.15) is 53.0 Å². The number of aryl methyl sites for hydroxylation is 1. The molecule has 0 saturated heterocycles. The van der Waals surface area contributed by atoms with E-state index in [9.17, 15) is 22.8 Å². The number of fused-ring (bicyclic) bond motifs is 1. The van der Waals surface area contributed by atoms with Crippen molar-refractivity contribution in [3.05, 3.63) is 71.0 Å². The summed E-state index contributed by atoms with van der Waals surface area (Å²) in [5.41, 5.74) is 1.34. The van der Waals surface area contributed by atoms with Gasteiger partial charge >= 0.3 is 6.18 Å². The SMILES string of the molecule is Cc1ccc(-n2nc(C(F)(F)F)c3c2C(=O)N(c2ccc(N(C)C(=O)CNC4CCCC4)cc2)CC3)cc1. The minimum atomic E-state index is -4.67. The van der Waals surface area contributed by atoms with Gasteiger partial charge in [0.25, 0.3) is 5.91 Å². The molecule has 3 aromatic rings. The lowest BCUT2D eigenvalue weighted by atomic mass is 10.0. The quantitative estimate of drug-likeness (QED) is 0.497. The van der Waals surface area contributed by atoms with Crippen LogP contribution in [0, 0.1) is 6.92 Å². The molecule has 1 saturated carbocycles. The van der Waals surface area contributed by atoms with E-state index in [4.69, 9.17) is 0 Å². The summed E-state index contributed by atoms with van der Waals surface area (Å²) < 4.78 is 42.5. The molecule has 5 rings (SSSR count). The predicted molar refractivity (Wildman–Crippen MR) is 139 cm³/mol. The van der Waals surface area contributed by atoms with Crippen LogP contribution in [-0.4, -0.2) is 47.8 Å². The van der Waals surface area contributed by atoms with Crippen molar-refractivity contribution in [1.82, 2.24) is 15.1 Å². The van der Waals surface area contributed by atoms with Gasteiger partial charge in [-0.3, -0.25) is 9.59 Å². The summed E-state index contributed by atoms with van der Waals surface area (Å²) in [6, 6.07) is 14.1. The van der Waals surface area contributed by atoms with Gasteiger partial charge in [0.1, 0.15) is 5.69 Å². The average Bonchev–Trinajstić information content (AvgIpc) is 3.56. The van der Waals surface area contributed by atoms with Crippen molar-refractivity contribution in [2.75, 3.05) is 29.9 Å². The van der Waals surface area contributed by atoms with Crippen LogP contribution >= 0.6 is 0 Å². The van der Waals surface area contributed by atoms with E-state index in [1.54, 1.807) is 60.5 Å². The number of benzene rings is 2. The number of alkyl halides is 3. The molecule has 7 nitrogen and oxygen atoms in total. The van der Waals surface area contributed by atoms with E-state index in [0.717, 1.165) is 23.1 Å². The Hall–Kier alpha value is -3.66. The first kappa shape index (κ1) is 26.0. The van der Waals surface area contributed by atoms with Crippen LogP contribution in [0.3, 0.4) is 0 Å². The Labute approximate surface area is 219 Å². The summed E-state index contributed by atoms with van der Waals surface area (Å²) in [5, 5.41) is 7.15. The van der Waals surface area contributed by atoms with E-state index in [0.29, 0.717) is 23.1 Å². The molecule has 0 bridgehead atoms. The summed E-state index contributed by atoms with van der Waals surface area (Å²) in [4.78, 5) is 29.3. The molecule has 0 atom stereocenters. The van der Waals surface area contributed by atoms with E-state index in [1.165, 1.54) is 17.7 Å². The van der Waals surface area contributed by atoms with E-state index < -0.39 is 17.8 Å². The van der Waals surface area contributed by atoms with Crippen LogP contribution in [0.15, 0.2) is 48.5 Å². The normalized spacial score (nSPS) is 16.1. The van der Waals surface area contributed by atoms with E-state index in [-0.39, 0.29) is 36.7 Å². The number of halogens is 3. The Kier molecular flexibility index (Phi) is 7.00. The first-order valence-corrected chi connectivity index (χ1v) is 12.8. The van der Waals surface area contributed by atoms with Crippen LogP contribution in [-0.2, 0) is 17.4 Å². The van der Waals surface area contributed by atoms with Crippen LogP contribution in [0.2, 0.25) is 0 Å². The molecular formula is C28H30F3N5O2. The zero-order valence-corrected chi connectivity index (χ0v) is 21.4. The lowest BCUT2D eigenvalue weighted by molar-refractivity contribution is -0.142. The van der Waals surface area contributed by atoms with Gasteiger partial charge in [-0.05, 0) is 62.6 Å². The average molecular weight is 526 g/mol. The minimum Gasteiger partial charge on any atom is -0.314 e. The number of hydrogen-bond donors (Lipinski definition) is 1. The number of nitrogens with zero attached hydrogens (tertiary/aromatic N) is 4. The van der Waals surface area contributed by atoms with Crippen LogP contribution in [0.4, 0.5) is 24.5 Å². The second kappa shape index (κ2) is 10.2. The van der Waals surface area contributed by atoms with Crippen LogP contribution in [0.5, 0.6) is 0 Å². The van der Waals surface area contributed by atoms with Crippen molar-refractivity contribution < 1.29 is 22.8 Å². The minimum absolute atomic E-state index is 0.0226. The number of hydrogen-bond acceptors (Lipinski definition) is 4. The highest BCUT2D eigenvalue weighted by Crippen LogP contribution is 2.37. The first-order chi connectivity index (χ1) is 18.1. The monoisotopic (exact) mass is 525 g/mol. The molecule has 2 aromatic carbocycles. The maximum absolute atomic E-state index is 13.8. The second-order valence-electron chi connectivity index (χ2n) is 9.96. The molecule has 38 heavy (non-hydrogen) atoms. The topological polar surface area (TPSA) is 70.5 Å². The second-order valence-corrected chi connectivity index (χ2v) is 9.96. The van der Waals surface area contributed by atoms with Gasteiger partial charge in [0.05, 0.1) is 12.2 Å². The summed E-state index contributed by atoms with van der Waals surface area (Å²) >= 11 is 0. The molecule has 0 spiro atoms. The summed E-state index contributed by atoms with van der Waals surface area (Å²) in [5.74, 6) is -0.613. The molecule has 2 amide bonds. The van der Waals surface area contributed by atoms with Gasteiger partial charge in [0.2, 0.25) is 5.91 Å². The number of nitrogens with one attached hydrogen (secondary N) is 1. The molecule has 1 aliphatic carbocycles. The van der Waals surface area contributed by atoms with E-state index in [2.05, 4.69) is 10.4 Å². The molecule has 2 aliphatic rings. The molecule has 1 aromatic heterocycles. The Bertz CT molecular complexity index is 1330. The number of carbonyl (C=O) groups excluding carboxylic acids is 2. The fourth-order valence-corrected chi connectivity index (χ4v) is 5.19. The van der Waals surface area contributed by atoms with Gasteiger partial charge in [-0.2, -0.15) is 18.3 Å². The number of rotatable bonds is 6. The maximum atomic E-state index is 13.8. The number of anilines is 2. The molecule has 0 unspecified atom stereocenters. The molecule has 1 N–H and O–H groups in total. The molecule has 0 radical (unpaired) electrons. The number of likely N-dealkylation sites (N-methyl/N-ethyl adjacent to an activating group) is 1. The fourth-order valence-electron chi connectivity index (χ4n) is 5.19. The van der Waals surface area contributed by atoms with Gasteiger partial charge in [0, 0.05) is 36.6 Å². The molecule has 1 fully saturated rings. The summed E-state index contributed by atoms with van der Waals surface area (Å²) in [7, 11) is 1.70. The molecule has 1 aliphatic heterocycles. The molecular weight excluding hydrogens is 495 g/mol. The third-order valence-electron chi connectivity index (χ3n) is 7.38. The predicted octanol–water partition coefficient (Wildman–Crippen LogP) is 4.90. The van der Waals surface area contributed by atoms with Gasteiger partial charge in [-0.25, -0.2) is 4.68 Å². The molecule has 10 heteroatoms. The third-order valence-corrected chi connectivity index (χ3v) is 7.38. The fraction of sp³-hybridized carbons (Fsp3) is 0.393. The van der Waals surface area contributed by atoms with Crippen molar-refractivity contribution in [2.24, 2.45) is 0 Å². The van der Waals surface area contributed by atoms with Crippen LogP contribution in [0.25, 0.3) is 5.69 Å². The third kappa shape index (κ3) is 5.05. The number of aromatic nitrogens is 2. The molecule has 2 heterocycles. The summed E-state index contributed by atoms with van der Waals surface area (Å²) in [6.07, 6.45) is -0.107. The standard InChI is InChI=1S/C28H30F3N5O2/c1-18-7-9-22(10-8-18)36-25-23(26(33-36)28(29,30)31)15-16-35(27(25)38)21-13-11-20(12-14-21)34(2)24(37)17-32-19-5-3-4-6-19/h7-14,19,32H,3-6,15-17H2,1-2H3. The Balaban J connectivity index is 1.38. The smallest absolute Gasteiger partial charge is 0.314 e. The largest absolute Gasteiger partial charge is 0.435 e. The Morgan fingerprint density at radius 3 is 2.32 bits per heavy atom. The van der Waals surface area contributed by atoms with Gasteiger partial charge < -0.3 is 15.1 Å². The first-order valence-electron chi connectivity index (χ1n) is 12.8. The van der Waals surface area contributed by atoms with E-state index >= 15 is 0 Å². The highest BCUT2D eigenvalue weighted by Gasteiger charge is 2.43. The van der Waals surface area contributed by atoms with Crippen molar-refractivity contribution in [2.45, 2.75) is 51.2 Å². The Morgan fingerprint density at radius 2 is 1.68 bits per heavy atom. The van der Waals surface area contributed by atoms with E-state index in [1.807, 2.05) is 6.92 Å². The van der Waals surface area contributed by atoms with Gasteiger partial charge in [-0.1, -0.05) is 30.5 Å². The maximum Gasteiger partial charge on any atom is 0.435 e. The summed E-state index contributed by atoms with van der Waals surface area (Å²) in [6.45, 7) is 2.21. The van der Waals surface area contributed by atoms with Crippen molar-refractivity contribution in [3.63, 3.8) is 0 Å². The van der Waals surface area contributed by atoms with Gasteiger partial charge in [-0.15, -0.1) is 0 Å². The lowest BCUT2D eigenvalue weighted by Crippen LogP contribution is -2.39. The molecule has 200 valence electrons. The van der Waals surface area contributed by atoms with Gasteiger partial charge in [0.15, 0.2) is 5.69 Å². The zero-order chi connectivity index (χ0) is 27.0. The Morgan fingerprint density at radius 1 is 1.05 bits per heavy atom. The zero-order valence-electron chi connectivity index (χ0n) is 21.4. The van der Waals surface area contributed by atoms with Crippen molar-refractivity contribution in [1.29, 1.82) is 0 Å². The lowest BCUT2D eigenvalue weighted by Gasteiger charge is -2.28. The highest BCUT2D eigenvalue weighted by molar-refractivity contribution is 6.07. The highest BCUT2D eigenvalue weighted by atomic mass is 19.4.